The van der Waals surface area contributed by atoms with Gasteiger partial charge in [-0.1, -0.05) is 0 Å². The van der Waals surface area contributed by atoms with Crippen LogP contribution < -0.4 is 5.73 Å². The Morgan fingerprint density at radius 3 is 2.50 bits per heavy atom. The van der Waals surface area contributed by atoms with E-state index in [1.165, 1.54) is 11.9 Å². The molecule has 0 saturated carbocycles. The van der Waals surface area contributed by atoms with Crippen LogP contribution in [0.15, 0.2) is 4.99 Å². The number of morpholine rings is 1. The van der Waals surface area contributed by atoms with Gasteiger partial charge in [0.25, 0.3) is 0 Å². The topological polar surface area (TPSA) is 54.1 Å². The van der Waals surface area contributed by atoms with Gasteiger partial charge >= 0.3 is 6.18 Å². The number of halogens is 4. The van der Waals surface area contributed by atoms with Gasteiger partial charge in [-0.05, 0) is 20.0 Å². The molecule has 20 heavy (non-hydrogen) atoms. The molecule has 0 amide bonds. The Balaban J connectivity index is 0.00000361. The van der Waals surface area contributed by atoms with Crippen LogP contribution in [0.4, 0.5) is 13.2 Å². The van der Waals surface area contributed by atoms with Gasteiger partial charge in [0.1, 0.15) is 0 Å². The lowest BCUT2D eigenvalue weighted by Crippen LogP contribution is -2.44. The second-order valence-corrected chi connectivity index (χ2v) is 4.55. The van der Waals surface area contributed by atoms with Crippen LogP contribution in [0.5, 0.6) is 0 Å². The van der Waals surface area contributed by atoms with Crippen LogP contribution in [0.25, 0.3) is 0 Å². The molecule has 0 aromatic heterocycles. The van der Waals surface area contributed by atoms with Gasteiger partial charge in [0, 0.05) is 19.6 Å². The van der Waals surface area contributed by atoms with E-state index < -0.39 is 12.7 Å². The van der Waals surface area contributed by atoms with Crippen LogP contribution in [0.2, 0.25) is 0 Å². The van der Waals surface area contributed by atoms with E-state index in [1.807, 2.05) is 4.90 Å². The summed E-state index contributed by atoms with van der Waals surface area (Å²) in [4.78, 5) is 7.33. The quantitative estimate of drug-likeness (QED) is 0.320. The van der Waals surface area contributed by atoms with Gasteiger partial charge in [0.05, 0.1) is 19.8 Å². The van der Waals surface area contributed by atoms with Crippen molar-refractivity contribution in [3.63, 3.8) is 0 Å². The molecule has 1 saturated heterocycles. The molecular formula is C11H22F3IN4O. The third kappa shape index (κ3) is 8.80. The van der Waals surface area contributed by atoms with Gasteiger partial charge in [-0.15, -0.1) is 24.0 Å². The minimum atomic E-state index is -4.15. The summed E-state index contributed by atoms with van der Waals surface area (Å²) >= 11 is 0. The number of aliphatic imine (C=N–C) groups is 1. The van der Waals surface area contributed by atoms with E-state index in [0.717, 1.165) is 0 Å². The van der Waals surface area contributed by atoms with Crippen molar-refractivity contribution in [3.05, 3.63) is 0 Å². The fourth-order valence-electron chi connectivity index (χ4n) is 1.81. The fraction of sp³-hybridized carbons (Fsp3) is 0.909. The molecule has 9 heteroatoms. The predicted octanol–water partition coefficient (Wildman–Crippen LogP) is 1.14. The maximum atomic E-state index is 12.1. The van der Waals surface area contributed by atoms with Gasteiger partial charge in [-0.25, -0.2) is 0 Å². The number of hydrogen-bond acceptors (Lipinski definition) is 3. The lowest BCUT2D eigenvalue weighted by Gasteiger charge is -2.27. The lowest BCUT2D eigenvalue weighted by molar-refractivity contribution is -0.143. The van der Waals surface area contributed by atoms with Crippen molar-refractivity contribution in [2.45, 2.75) is 12.6 Å². The molecule has 5 nitrogen and oxygen atoms in total. The van der Waals surface area contributed by atoms with Crippen molar-refractivity contribution < 1.29 is 17.9 Å². The van der Waals surface area contributed by atoms with E-state index in [-0.39, 0.29) is 24.0 Å². The number of nitrogens with zero attached hydrogens (tertiary/aromatic N) is 3. The lowest BCUT2D eigenvalue weighted by atomic mass is 10.4. The van der Waals surface area contributed by atoms with Crippen LogP contribution >= 0.6 is 24.0 Å². The number of rotatable bonds is 5. The maximum Gasteiger partial charge on any atom is 0.401 e. The van der Waals surface area contributed by atoms with Crippen LogP contribution in [0.3, 0.4) is 0 Å². The molecule has 1 aliphatic heterocycles. The van der Waals surface area contributed by atoms with Crippen molar-refractivity contribution in [2.75, 3.05) is 53.0 Å². The average Bonchev–Trinajstić information content (AvgIpc) is 2.33. The van der Waals surface area contributed by atoms with Crippen LogP contribution in [0, 0.1) is 0 Å². The van der Waals surface area contributed by atoms with Crippen molar-refractivity contribution in [1.82, 2.24) is 9.80 Å². The molecule has 1 heterocycles. The Kier molecular flexibility index (Phi) is 9.47. The molecule has 1 fully saturated rings. The van der Waals surface area contributed by atoms with Crippen molar-refractivity contribution in [3.8, 4) is 0 Å². The minimum Gasteiger partial charge on any atom is -0.378 e. The largest absolute Gasteiger partial charge is 0.401 e. The highest BCUT2D eigenvalue weighted by atomic mass is 127. The van der Waals surface area contributed by atoms with Crippen LogP contribution in [-0.4, -0.2) is 74.9 Å². The van der Waals surface area contributed by atoms with Gasteiger partial charge < -0.3 is 15.4 Å². The first-order valence-electron chi connectivity index (χ1n) is 6.26. The fourth-order valence-corrected chi connectivity index (χ4v) is 1.81. The number of hydrogen-bond donors (Lipinski definition) is 1. The van der Waals surface area contributed by atoms with Crippen molar-refractivity contribution >= 4 is 29.9 Å². The number of ether oxygens (including phenoxy) is 1. The summed E-state index contributed by atoms with van der Waals surface area (Å²) in [7, 11) is 1.45. The first kappa shape index (κ1) is 19.7. The van der Waals surface area contributed by atoms with Crippen molar-refractivity contribution in [1.29, 1.82) is 0 Å². The zero-order valence-corrected chi connectivity index (χ0v) is 13.9. The predicted molar refractivity (Wildman–Crippen MR) is 82.5 cm³/mol. The Hall–Kier alpha value is -0.290. The summed E-state index contributed by atoms with van der Waals surface area (Å²) in [5.74, 6) is 0.446. The summed E-state index contributed by atoms with van der Waals surface area (Å²) < 4.78 is 41.4. The Morgan fingerprint density at radius 2 is 1.95 bits per heavy atom. The second kappa shape index (κ2) is 9.61. The first-order valence-corrected chi connectivity index (χ1v) is 6.26. The van der Waals surface area contributed by atoms with Gasteiger partial charge in [0.15, 0.2) is 5.96 Å². The minimum absolute atomic E-state index is 0. The Labute approximate surface area is 134 Å². The van der Waals surface area contributed by atoms with Gasteiger partial charge in [-0.2, -0.15) is 13.2 Å². The molecule has 0 radical (unpaired) electrons. The maximum absolute atomic E-state index is 12.1. The highest BCUT2D eigenvalue weighted by Crippen LogP contribution is 2.15. The molecule has 1 rings (SSSR count). The zero-order chi connectivity index (χ0) is 14.3. The van der Waals surface area contributed by atoms with Gasteiger partial charge in [0.2, 0.25) is 0 Å². The molecule has 0 atom stereocenters. The monoisotopic (exact) mass is 410 g/mol. The summed E-state index contributed by atoms with van der Waals surface area (Å²) in [5.41, 5.74) is 5.79. The van der Waals surface area contributed by atoms with Crippen molar-refractivity contribution in [2.24, 2.45) is 10.7 Å². The summed E-state index contributed by atoms with van der Waals surface area (Å²) in [6, 6.07) is 0. The Morgan fingerprint density at radius 1 is 1.35 bits per heavy atom. The van der Waals surface area contributed by atoms with Crippen LogP contribution in [-0.2, 0) is 4.74 Å². The van der Waals surface area contributed by atoms with E-state index in [9.17, 15) is 13.2 Å². The number of nitrogens with two attached hydrogens (primary N) is 1. The first-order chi connectivity index (χ1) is 8.88. The number of alkyl halides is 3. The normalized spacial score (nSPS) is 17.2. The molecule has 0 aliphatic carbocycles. The Bertz CT molecular complexity index is 296. The molecule has 1 aliphatic rings. The molecule has 0 spiro atoms. The third-order valence-corrected chi connectivity index (χ3v) is 2.76. The summed E-state index contributed by atoms with van der Waals surface area (Å²) in [5, 5.41) is 0. The molecule has 2 N–H and O–H groups in total. The van der Waals surface area contributed by atoms with E-state index >= 15 is 0 Å². The molecule has 0 aromatic carbocycles. The smallest absolute Gasteiger partial charge is 0.378 e. The summed E-state index contributed by atoms with van der Waals surface area (Å²) in [6.45, 7) is 2.57. The summed E-state index contributed by atoms with van der Waals surface area (Å²) in [6.07, 6.45) is -3.59. The van der Waals surface area contributed by atoms with Crippen LogP contribution in [0.1, 0.15) is 6.42 Å². The molecule has 0 unspecified atom stereocenters. The van der Waals surface area contributed by atoms with E-state index in [2.05, 4.69) is 4.99 Å². The van der Waals surface area contributed by atoms with E-state index in [4.69, 9.17) is 10.5 Å². The standard InChI is InChI=1S/C11H21F3N4O.HI/c1-17(9-11(12,13)14)4-2-3-16-10(15)18-5-7-19-8-6-18;/h2-9H2,1H3,(H2,15,16);1H. The molecule has 0 bridgehead atoms. The van der Waals surface area contributed by atoms with Gasteiger partial charge in [-0.3, -0.25) is 9.89 Å². The SMILES string of the molecule is CN(CCCN=C(N)N1CCOCC1)CC(F)(F)F.I. The number of guanidine groups is 1. The molecular weight excluding hydrogens is 388 g/mol. The highest BCUT2D eigenvalue weighted by Gasteiger charge is 2.28. The molecule has 0 aromatic rings. The third-order valence-electron chi connectivity index (χ3n) is 2.76. The van der Waals surface area contributed by atoms with E-state index in [0.29, 0.717) is 51.8 Å². The zero-order valence-electron chi connectivity index (χ0n) is 11.5. The second-order valence-electron chi connectivity index (χ2n) is 4.55. The van der Waals surface area contributed by atoms with E-state index in [1.54, 1.807) is 0 Å². The molecule has 120 valence electrons. The average molecular weight is 410 g/mol. The highest BCUT2D eigenvalue weighted by molar-refractivity contribution is 14.0.